The van der Waals surface area contributed by atoms with E-state index in [2.05, 4.69) is 34.7 Å². The highest BCUT2D eigenvalue weighted by atomic mass is 79.9. The lowest BCUT2D eigenvalue weighted by atomic mass is 10.2. The first kappa shape index (κ1) is 14.3. The Morgan fingerprint density at radius 2 is 2.06 bits per heavy atom. The predicted molar refractivity (Wildman–Crippen MR) is 73.6 cm³/mol. The van der Waals surface area contributed by atoms with Gasteiger partial charge in [0.15, 0.2) is 11.5 Å². The molecule has 4 heteroatoms. The zero-order chi connectivity index (χ0) is 12.8. The van der Waals surface area contributed by atoms with E-state index in [1.165, 1.54) is 0 Å². The van der Waals surface area contributed by atoms with Gasteiger partial charge in [-0.05, 0) is 53.1 Å². The first-order chi connectivity index (χ1) is 8.12. The van der Waals surface area contributed by atoms with Crippen molar-refractivity contribution in [2.24, 2.45) is 0 Å². The summed E-state index contributed by atoms with van der Waals surface area (Å²) in [6, 6.07) is 3.83. The van der Waals surface area contributed by atoms with Crippen LogP contribution in [0.1, 0.15) is 25.8 Å². The van der Waals surface area contributed by atoms with Crippen molar-refractivity contribution in [3.8, 4) is 11.5 Å². The number of aromatic hydroxyl groups is 1. The van der Waals surface area contributed by atoms with E-state index in [9.17, 15) is 5.11 Å². The molecule has 0 atom stereocenters. The molecule has 0 saturated heterocycles. The maximum Gasteiger partial charge on any atom is 0.172 e. The van der Waals surface area contributed by atoms with E-state index >= 15 is 0 Å². The van der Waals surface area contributed by atoms with Gasteiger partial charge in [0.05, 0.1) is 11.6 Å². The highest BCUT2D eigenvalue weighted by molar-refractivity contribution is 9.10. The van der Waals surface area contributed by atoms with Crippen LogP contribution in [0.25, 0.3) is 0 Å². The molecule has 3 nitrogen and oxygen atoms in total. The molecule has 0 amide bonds. The maximum atomic E-state index is 9.73. The molecule has 0 radical (unpaired) electrons. The number of hydrogen-bond donors (Lipinski definition) is 1. The lowest BCUT2D eigenvalue weighted by molar-refractivity contribution is 0.279. The van der Waals surface area contributed by atoms with Crippen LogP contribution in [0.4, 0.5) is 0 Å². The summed E-state index contributed by atoms with van der Waals surface area (Å²) in [7, 11) is 1.56. The van der Waals surface area contributed by atoms with Crippen LogP contribution in [0.2, 0.25) is 0 Å². The Bertz CT molecular complexity index is 369. The molecular formula is C13H20BrNO2. The number of ether oxygens (including phenoxy) is 1. The van der Waals surface area contributed by atoms with Crippen molar-refractivity contribution in [3.63, 3.8) is 0 Å². The largest absolute Gasteiger partial charge is 0.503 e. The number of phenols is 1. The number of phenolic OH excluding ortho intramolecular Hbond substituents is 1. The van der Waals surface area contributed by atoms with Crippen molar-refractivity contribution < 1.29 is 9.84 Å². The fourth-order valence-corrected chi connectivity index (χ4v) is 2.29. The van der Waals surface area contributed by atoms with Crippen LogP contribution < -0.4 is 4.74 Å². The molecular weight excluding hydrogens is 282 g/mol. The molecule has 0 aromatic heterocycles. The topological polar surface area (TPSA) is 32.7 Å². The smallest absolute Gasteiger partial charge is 0.172 e. The number of hydrogen-bond acceptors (Lipinski definition) is 3. The second kappa shape index (κ2) is 6.87. The fraction of sp³-hybridized carbons (Fsp3) is 0.538. The van der Waals surface area contributed by atoms with Crippen molar-refractivity contribution in [1.29, 1.82) is 0 Å². The van der Waals surface area contributed by atoms with E-state index in [4.69, 9.17) is 4.74 Å². The van der Waals surface area contributed by atoms with Crippen molar-refractivity contribution in [2.75, 3.05) is 20.2 Å². The molecule has 1 aromatic carbocycles. The molecule has 0 aliphatic heterocycles. The minimum absolute atomic E-state index is 0.162. The number of rotatable bonds is 6. The molecule has 0 aliphatic rings. The Labute approximate surface area is 112 Å². The molecule has 1 rings (SSSR count). The van der Waals surface area contributed by atoms with Crippen LogP contribution in [0.3, 0.4) is 0 Å². The van der Waals surface area contributed by atoms with E-state index in [1.807, 2.05) is 12.1 Å². The van der Waals surface area contributed by atoms with Crippen LogP contribution in [-0.4, -0.2) is 30.2 Å². The summed E-state index contributed by atoms with van der Waals surface area (Å²) in [6.45, 7) is 7.31. The SMILES string of the molecule is CCCN(CC)Cc1cc(Br)c(O)c(OC)c1. The lowest BCUT2D eigenvalue weighted by Crippen LogP contribution is -2.23. The summed E-state index contributed by atoms with van der Waals surface area (Å²) in [4.78, 5) is 2.36. The summed E-state index contributed by atoms with van der Waals surface area (Å²) >= 11 is 3.34. The van der Waals surface area contributed by atoms with Crippen molar-refractivity contribution in [3.05, 3.63) is 22.2 Å². The molecule has 1 N–H and O–H groups in total. The van der Waals surface area contributed by atoms with Crippen LogP contribution in [0.15, 0.2) is 16.6 Å². The predicted octanol–water partition coefficient (Wildman–Crippen LogP) is 3.40. The van der Waals surface area contributed by atoms with Gasteiger partial charge in [0, 0.05) is 6.54 Å². The third-order valence-corrected chi connectivity index (χ3v) is 3.31. The standard InChI is InChI=1S/C13H20BrNO2/c1-4-6-15(5-2)9-10-7-11(14)13(16)12(8-10)17-3/h7-8,16H,4-6,9H2,1-3H3. The summed E-state index contributed by atoms with van der Waals surface area (Å²) in [6.07, 6.45) is 1.14. The Kier molecular flexibility index (Phi) is 5.78. The molecule has 0 spiro atoms. The van der Waals surface area contributed by atoms with Gasteiger partial charge >= 0.3 is 0 Å². The minimum Gasteiger partial charge on any atom is -0.503 e. The third-order valence-electron chi connectivity index (χ3n) is 2.70. The van der Waals surface area contributed by atoms with E-state index < -0.39 is 0 Å². The van der Waals surface area contributed by atoms with Crippen LogP contribution in [0, 0.1) is 0 Å². The van der Waals surface area contributed by atoms with Gasteiger partial charge in [-0.1, -0.05) is 13.8 Å². The van der Waals surface area contributed by atoms with Gasteiger partial charge < -0.3 is 9.84 Å². The average molecular weight is 302 g/mol. The van der Waals surface area contributed by atoms with Crippen molar-refractivity contribution >= 4 is 15.9 Å². The minimum atomic E-state index is 0.162. The van der Waals surface area contributed by atoms with Gasteiger partial charge in [-0.2, -0.15) is 0 Å². The van der Waals surface area contributed by atoms with Gasteiger partial charge in [-0.25, -0.2) is 0 Å². The molecule has 0 bridgehead atoms. The maximum absolute atomic E-state index is 9.73. The Hall–Kier alpha value is -0.740. The van der Waals surface area contributed by atoms with Crippen LogP contribution in [-0.2, 0) is 6.54 Å². The van der Waals surface area contributed by atoms with Gasteiger partial charge in [0.2, 0.25) is 0 Å². The Balaban J connectivity index is 2.87. The molecule has 0 fully saturated rings. The summed E-state index contributed by atoms with van der Waals surface area (Å²) in [5, 5.41) is 9.73. The normalized spacial score (nSPS) is 10.9. The number of nitrogens with zero attached hydrogens (tertiary/aromatic N) is 1. The fourth-order valence-electron chi connectivity index (χ4n) is 1.80. The van der Waals surface area contributed by atoms with E-state index in [-0.39, 0.29) is 5.75 Å². The van der Waals surface area contributed by atoms with Gasteiger partial charge in [0.1, 0.15) is 0 Å². The quantitative estimate of drug-likeness (QED) is 0.874. The number of halogens is 1. The zero-order valence-corrected chi connectivity index (χ0v) is 12.2. The average Bonchev–Trinajstić information content (AvgIpc) is 2.32. The highest BCUT2D eigenvalue weighted by Gasteiger charge is 2.10. The lowest BCUT2D eigenvalue weighted by Gasteiger charge is -2.20. The Morgan fingerprint density at radius 3 is 2.59 bits per heavy atom. The molecule has 0 saturated carbocycles. The van der Waals surface area contributed by atoms with Gasteiger partial charge in [0.25, 0.3) is 0 Å². The molecule has 1 aromatic rings. The summed E-state index contributed by atoms with van der Waals surface area (Å²) in [5.74, 6) is 0.678. The van der Waals surface area contributed by atoms with Gasteiger partial charge in [-0.3, -0.25) is 4.90 Å². The number of methoxy groups -OCH3 is 1. The Morgan fingerprint density at radius 1 is 1.35 bits per heavy atom. The molecule has 0 heterocycles. The second-order valence-corrected chi connectivity index (χ2v) is 4.85. The van der Waals surface area contributed by atoms with E-state index in [1.54, 1.807) is 7.11 Å². The molecule has 0 aliphatic carbocycles. The second-order valence-electron chi connectivity index (χ2n) is 4.00. The van der Waals surface area contributed by atoms with Crippen LogP contribution >= 0.6 is 15.9 Å². The molecule has 17 heavy (non-hydrogen) atoms. The zero-order valence-electron chi connectivity index (χ0n) is 10.7. The highest BCUT2D eigenvalue weighted by Crippen LogP contribution is 2.35. The summed E-state index contributed by atoms with van der Waals surface area (Å²) < 4.78 is 5.82. The van der Waals surface area contributed by atoms with E-state index in [0.29, 0.717) is 10.2 Å². The van der Waals surface area contributed by atoms with Crippen LogP contribution in [0.5, 0.6) is 11.5 Å². The van der Waals surface area contributed by atoms with Crippen molar-refractivity contribution in [1.82, 2.24) is 4.90 Å². The van der Waals surface area contributed by atoms with Crippen molar-refractivity contribution in [2.45, 2.75) is 26.8 Å². The molecule has 96 valence electrons. The third kappa shape index (κ3) is 3.89. The molecule has 0 unspecified atom stereocenters. The first-order valence-corrected chi connectivity index (χ1v) is 6.69. The number of benzene rings is 1. The summed E-state index contributed by atoms with van der Waals surface area (Å²) in [5.41, 5.74) is 1.14. The van der Waals surface area contributed by atoms with Gasteiger partial charge in [-0.15, -0.1) is 0 Å². The monoisotopic (exact) mass is 301 g/mol. The first-order valence-electron chi connectivity index (χ1n) is 5.90. The van der Waals surface area contributed by atoms with E-state index in [0.717, 1.165) is 31.6 Å².